The van der Waals surface area contributed by atoms with Gasteiger partial charge >= 0.3 is 6.03 Å². The van der Waals surface area contributed by atoms with Crippen LogP contribution in [0.15, 0.2) is 16.7 Å². The van der Waals surface area contributed by atoms with E-state index in [2.05, 4.69) is 20.8 Å². The van der Waals surface area contributed by atoms with E-state index in [4.69, 9.17) is 25.6 Å². The maximum absolute atomic E-state index is 12.3. The van der Waals surface area contributed by atoms with Crippen LogP contribution in [0.3, 0.4) is 0 Å². The molecule has 0 spiro atoms. The number of rotatable bonds is 5. The number of ether oxygens (including phenoxy) is 2. The summed E-state index contributed by atoms with van der Waals surface area (Å²) in [5.74, 6) is 2.15. The number of carbonyl (C=O) groups excluding carboxylic acids is 1. The van der Waals surface area contributed by atoms with Crippen molar-refractivity contribution in [2.24, 2.45) is 5.92 Å². The van der Waals surface area contributed by atoms with Gasteiger partial charge in [0.25, 0.3) is 0 Å². The van der Waals surface area contributed by atoms with E-state index in [1.807, 2.05) is 19.9 Å². The zero-order chi connectivity index (χ0) is 19.4. The molecule has 1 aromatic carbocycles. The minimum Gasteiger partial charge on any atom is -0.489 e. The van der Waals surface area contributed by atoms with Gasteiger partial charge in [0.15, 0.2) is 17.3 Å². The third-order valence-corrected chi connectivity index (χ3v) is 4.36. The van der Waals surface area contributed by atoms with E-state index < -0.39 is 0 Å². The molecule has 146 valence electrons. The normalized spacial score (nSPS) is 14.6. The van der Waals surface area contributed by atoms with Crippen LogP contribution in [0.4, 0.5) is 4.79 Å². The van der Waals surface area contributed by atoms with Crippen LogP contribution in [0.2, 0.25) is 5.02 Å². The van der Waals surface area contributed by atoms with Crippen molar-refractivity contribution in [1.29, 1.82) is 0 Å². The van der Waals surface area contributed by atoms with E-state index >= 15 is 0 Å². The van der Waals surface area contributed by atoms with Gasteiger partial charge in [-0.25, -0.2) is 4.79 Å². The third-order valence-electron chi connectivity index (χ3n) is 4.08. The lowest BCUT2D eigenvalue weighted by molar-refractivity contribution is 0.224. The smallest absolute Gasteiger partial charge is 0.315 e. The number of aryl methyl sites for hydroxylation is 1. The van der Waals surface area contributed by atoms with E-state index in [9.17, 15) is 4.79 Å². The van der Waals surface area contributed by atoms with E-state index in [0.717, 1.165) is 12.0 Å². The van der Waals surface area contributed by atoms with Crippen molar-refractivity contribution in [2.45, 2.75) is 39.8 Å². The lowest BCUT2D eigenvalue weighted by atomic mass is 10.0. The topological polar surface area (TPSA) is 98.5 Å². The summed E-state index contributed by atoms with van der Waals surface area (Å²) in [5, 5.41) is 9.93. The molecule has 3 rings (SSSR count). The predicted octanol–water partition coefficient (Wildman–Crippen LogP) is 3.39. The van der Waals surface area contributed by atoms with E-state index in [1.165, 1.54) is 0 Å². The van der Waals surface area contributed by atoms with Crippen LogP contribution < -0.4 is 20.1 Å². The Morgan fingerprint density at radius 3 is 2.78 bits per heavy atom. The molecule has 1 unspecified atom stereocenters. The van der Waals surface area contributed by atoms with Crippen LogP contribution in [0.25, 0.3) is 0 Å². The number of halogens is 1. The fraction of sp³-hybridized carbons (Fsp3) is 0.500. The summed E-state index contributed by atoms with van der Waals surface area (Å²) < 4.78 is 16.5. The number of urea groups is 1. The highest BCUT2D eigenvalue weighted by molar-refractivity contribution is 6.32. The Kier molecular flexibility index (Phi) is 6.05. The number of carbonyl (C=O) groups is 1. The molecule has 0 bridgehead atoms. The first-order valence-corrected chi connectivity index (χ1v) is 9.24. The first kappa shape index (κ1) is 19.3. The largest absolute Gasteiger partial charge is 0.489 e. The van der Waals surface area contributed by atoms with E-state index in [-0.39, 0.29) is 24.5 Å². The maximum Gasteiger partial charge on any atom is 0.315 e. The van der Waals surface area contributed by atoms with Gasteiger partial charge in [-0.05, 0) is 30.5 Å². The van der Waals surface area contributed by atoms with Crippen molar-refractivity contribution in [1.82, 2.24) is 20.8 Å². The summed E-state index contributed by atoms with van der Waals surface area (Å²) in [6.45, 7) is 7.09. The Hall–Kier alpha value is -2.48. The third kappa shape index (κ3) is 4.82. The van der Waals surface area contributed by atoms with E-state index in [1.54, 1.807) is 13.0 Å². The molecule has 0 aliphatic carbocycles. The van der Waals surface area contributed by atoms with Gasteiger partial charge in [0.05, 0.1) is 18.2 Å². The predicted molar refractivity (Wildman–Crippen MR) is 99.0 cm³/mol. The lowest BCUT2D eigenvalue weighted by Gasteiger charge is -2.19. The minimum atomic E-state index is -0.376. The Labute approximate surface area is 162 Å². The van der Waals surface area contributed by atoms with Gasteiger partial charge in [0, 0.05) is 13.0 Å². The van der Waals surface area contributed by atoms with Crippen molar-refractivity contribution < 1.29 is 18.8 Å². The second-order valence-corrected chi connectivity index (χ2v) is 7.09. The van der Waals surface area contributed by atoms with Crippen LogP contribution in [0.1, 0.15) is 43.6 Å². The van der Waals surface area contributed by atoms with Crippen LogP contribution in [0, 0.1) is 12.8 Å². The number of benzene rings is 1. The molecule has 1 aliphatic rings. The quantitative estimate of drug-likeness (QED) is 0.806. The molecule has 2 aromatic rings. The molecular formula is C18H23ClN4O4. The summed E-state index contributed by atoms with van der Waals surface area (Å²) in [7, 11) is 0. The van der Waals surface area contributed by atoms with E-state index in [0.29, 0.717) is 41.5 Å². The molecule has 27 heavy (non-hydrogen) atoms. The number of nitrogens with one attached hydrogen (secondary N) is 2. The van der Waals surface area contributed by atoms with Gasteiger partial charge in [0.2, 0.25) is 5.89 Å². The van der Waals surface area contributed by atoms with Gasteiger partial charge in [0.1, 0.15) is 6.04 Å². The Bertz CT molecular complexity index is 809. The average molecular weight is 395 g/mol. The van der Waals surface area contributed by atoms with Gasteiger partial charge < -0.3 is 24.6 Å². The van der Waals surface area contributed by atoms with Crippen LogP contribution in [0.5, 0.6) is 11.5 Å². The molecule has 1 aliphatic heterocycles. The zero-order valence-corrected chi connectivity index (χ0v) is 16.3. The second kappa shape index (κ2) is 8.47. The zero-order valence-electron chi connectivity index (χ0n) is 15.5. The molecule has 9 heteroatoms. The summed E-state index contributed by atoms with van der Waals surface area (Å²) >= 11 is 6.28. The fourth-order valence-electron chi connectivity index (χ4n) is 2.71. The Morgan fingerprint density at radius 2 is 2.07 bits per heavy atom. The van der Waals surface area contributed by atoms with Crippen molar-refractivity contribution >= 4 is 17.6 Å². The summed E-state index contributed by atoms with van der Waals surface area (Å²) in [6, 6.07) is 2.87. The molecule has 0 saturated heterocycles. The van der Waals surface area contributed by atoms with Gasteiger partial charge in [-0.3, -0.25) is 0 Å². The highest BCUT2D eigenvalue weighted by Crippen LogP contribution is 2.37. The number of nitrogens with zero attached hydrogens (tertiary/aromatic N) is 2. The minimum absolute atomic E-state index is 0.0862. The standard InChI is InChI=1S/C18H23ClN4O4/c1-10(2)15(17-21-11(3)23-27-17)22-18(24)20-9-12-7-13(19)16-14(8-12)25-5-4-6-26-16/h7-8,10,15H,4-6,9H2,1-3H3,(H2,20,22,24). The Balaban J connectivity index is 1.63. The number of fused-ring (bicyclic) bond motifs is 1. The number of hydrogen-bond acceptors (Lipinski definition) is 6. The molecule has 2 amide bonds. The number of hydrogen-bond donors (Lipinski definition) is 2. The van der Waals surface area contributed by atoms with Crippen LogP contribution in [-0.2, 0) is 6.54 Å². The molecule has 2 N–H and O–H groups in total. The molecule has 1 aromatic heterocycles. The highest BCUT2D eigenvalue weighted by Gasteiger charge is 2.24. The molecule has 2 heterocycles. The summed E-state index contributed by atoms with van der Waals surface area (Å²) in [4.78, 5) is 16.5. The SMILES string of the molecule is Cc1noc(C(NC(=O)NCc2cc(Cl)c3c(c2)OCCCO3)C(C)C)n1. The molecule has 0 radical (unpaired) electrons. The second-order valence-electron chi connectivity index (χ2n) is 6.68. The molecule has 1 atom stereocenters. The van der Waals surface area contributed by atoms with Gasteiger partial charge in [-0.2, -0.15) is 4.98 Å². The first-order valence-electron chi connectivity index (χ1n) is 8.86. The van der Waals surface area contributed by atoms with Crippen LogP contribution >= 0.6 is 11.6 Å². The lowest BCUT2D eigenvalue weighted by Crippen LogP contribution is -2.39. The molecular weight excluding hydrogens is 372 g/mol. The maximum atomic E-state index is 12.3. The van der Waals surface area contributed by atoms with Crippen molar-refractivity contribution in [3.63, 3.8) is 0 Å². The molecule has 0 fully saturated rings. The fourth-order valence-corrected chi connectivity index (χ4v) is 3.00. The average Bonchev–Trinajstić information content (AvgIpc) is 2.90. The highest BCUT2D eigenvalue weighted by atomic mass is 35.5. The van der Waals surface area contributed by atoms with Gasteiger partial charge in [-0.15, -0.1) is 0 Å². The number of amides is 2. The summed E-state index contributed by atoms with van der Waals surface area (Å²) in [6.07, 6.45) is 0.798. The van der Waals surface area contributed by atoms with Crippen molar-refractivity contribution in [3.05, 3.63) is 34.4 Å². The van der Waals surface area contributed by atoms with Crippen LogP contribution in [-0.4, -0.2) is 29.4 Å². The molecule has 8 nitrogen and oxygen atoms in total. The van der Waals surface area contributed by atoms with Crippen molar-refractivity contribution in [2.75, 3.05) is 13.2 Å². The number of aromatic nitrogens is 2. The first-order chi connectivity index (χ1) is 12.9. The molecule has 0 saturated carbocycles. The van der Waals surface area contributed by atoms with Gasteiger partial charge in [-0.1, -0.05) is 30.6 Å². The Morgan fingerprint density at radius 1 is 1.30 bits per heavy atom. The van der Waals surface area contributed by atoms with Crippen molar-refractivity contribution in [3.8, 4) is 11.5 Å². The summed E-state index contributed by atoms with van der Waals surface area (Å²) in [5.41, 5.74) is 0.814. The monoisotopic (exact) mass is 394 g/mol.